The quantitative estimate of drug-likeness (QED) is 0.749. The maximum Gasteiger partial charge on any atom is 0.264 e. The zero-order chi connectivity index (χ0) is 17.8. The van der Waals surface area contributed by atoms with Crippen LogP contribution in [0.2, 0.25) is 0 Å². The summed E-state index contributed by atoms with van der Waals surface area (Å²) in [5.74, 6) is 1.17. The van der Waals surface area contributed by atoms with Crippen LogP contribution in [0, 0.1) is 0 Å². The molecule has 3 rings (SSSR count). The molecule has 0 aliphatic carbocycles. The number of ether oxygens (including phenoxy) is 2. The molecule has 1 amide bonds. The maximum absolute atomic E-state index is 12.2. The van der Waals surface area contributed by atoms with Crippen molar-refractivity contribution >= 4 is 50.5 Å². The first-order valence-electron chi connectivity index (χ1n) is 7.36. The third-order valence-electron chi connectivity index (χ3n) is 3.43. The van der Waals surface area contributed by atoms with Crippen LogP contribution in [0.3, 0.4) is 0 Å². The number of rotatable bonds is 4. The molecule has 0 aromatic heterocycles. The SMILES string of the molecule is COc1ccc(OC)c(C=C2SC(=Nc3ccc(Br)cc3)NC2=O)c1. The minimum absolute atomic E-state index is 0.189. The van der Waals surface area contributed by atoms with Gasteiger partial charge in [-0.3, -0.25) is 4.79 Å². The smallest absolute Gasteiger partial charge is 0.264 e. The average Bonchev–Trinajstić information content (AvgIpc) is 2.96. The lowest BCUT2D eigenvalue weighted by Gasteiger charge is -2.07. The van der Waals surface area contributed by atoms with Crippen LogP contribution in [-0.4, -0.2) is 25.3 Å². The second-order valence-corrected chi connectivity index (χ2v) is 7.01. The predicted molar refractivity (Wildman–Crippen MR) is 104 cm³/mol. The Kier molecular flexibility index (Phi) is 5.45. The summed E-state index contributed by atoms with van der Waals surface area (Å²) < 4.78 is 11.6. The highest BCUT2D eigenvalue weighted by Crippen LogP contribution is 2.32. The van der Waals surface area contributed by atoms with Crippen LogP contribution in [0.25, 0.3) is 6.08 Å². The number of aliphatic imine (C=N–C) groups is 1. The summed E-state index contributed by atoms with van der Waals surface area (Å²) in [5, 5.41) is 3.32. The normalized spacial score (nSPS) is 17.0. The Labute approximate surface area is 158 Å². The highest BCUT2D eigenvalue weighted by atomic mass is 79.9. The summed E-state index contributed by atoms with van der Waals surface area (Å²) >= 11 is 4.67. The van der Waals surface area contributed by atoms with Crippen molar-refractivity contribution in [3.8, 4) is 11.5 Å². The molecule has 0 spiro atoms. The average molecular weight is 419 g/mol. The first-order chi connectivity index (χ1) is 12.1. The number of carbonyl (C=O) groups excluding carboxylic acids is 1. The number of amides is 1. The van der Waals surface area contributed by atoms with Gasteiger partial charge >= 0.3 is 0 Å². The van der Waals surface area contributed by atoms with Gasteiger partial charge in [-0.25, -0.2) is 4.99 Å². The number of nitrogens with one attached hydrogen (secondary N) is 1. The van der Waals surface area contributed by atoms with E-state index in [-0.39, 0.29) is 5.91 Å². The molecule has 2 aromatic carbocycles. The minimum atomic E-state index is -0.189. The first kappa shape index (κ1) is 17.6. The van der Waals surface area contributed by atoms with Crippen molar-refractivity contribution in [2.24, 2.45) is 4.99 Å². The van der Waals surface area contributed by atoms with Gasteiger partial charge in [-0.1, -0.05) is 15.9 Å². The number of thioether (sulfide) groups is 1. The molecule has 1 fully saturated rings. The molecule has 2 aromatic rings. The van der Waals surface area contributed by atoms with Crippen LogP contribution in [0.5, 0.6) is 11.5 Å². The van der Waals surface area contributed by atoms with Crippen molar-refractivity contribution in [3.63, 3.8) is 0 Å². The number of methoxy groups -OCH3 is 2. The van der Waals surface area contributed by atoms with E-state index >= 15 is 0 Å². The zero-order valence-corrected chi connectivity index (χ0v) is 16.0. The highest BCUT2D eigenvalue weighted by Gasteiger charge is 2.24. The van der Waals surface area contributed by atoms with Crippen molar-refractivity contribution in [2.45, 2.75) is 0 Å². The van der Waals surface area contributed by atoms with Crippen LogP contribution in [0.4, 0.5) is 5.69 Å². The van der Waals surface area contributed by atoms with E-state index in [9.17, 15) is 4.79 Å². The summed E-state index contributed by atoms with van der Waals surface area (Å²) in [4.78, 5) is 17.2. The molecule has 1 N–H and O–H groups in total. The van der Waals surface area contributed by atoms with Gasteiger partial charge in [-0.15, -0.1) is 0 Å². The number of amidine groups is 1. The fourth-order valence-corrected chi connectivity index (χ4v) is 3.30. The van der Waals surface area contributed by atoms with E-state index in [0.29, 0.717) is 21.6 Å². The number of carbonyl (C=O) groups is 1. The Morgan fingerprint density at radius 2 is 1.88 bits per heavy atom. The van der Waals surface area contributed by atoms with Gasteiger partial charge in [-0.2, -0.15) is 0 Å². The lowest BCUT2D eigenvalue weighted by molar-refractivity contribution is -0.115. The molecule has 25 heavy (non-hydrogen) atoms. The Morgan fingerprint density at radius 1 is 1.12 bits per heavy atom. The largest absolute Gasteiger partial charge is 0.497 e. The van der Waals surface area contributed by atoms with E-state index < -0.39 is 0 Å². The molecule has 7 heteroatoms. The zero-order valence-electron chi connectivity index (χ0n) is 13.6. The molecular weight excluding hydrogens is 404 g/mol. The molecule has 0 bridgehead atoms. The molecule has 5 nitrogen and oxygen atoms in total. The van der Waals surface area contributed by atoms with Crippen molar-refractivity contribution in [3.05, 3.63) is 57.4 Å². The fraction of sp³-hybridized carbons (Fsp3) is 0.111. The second-order valence-electron chi connectivity index (χ2n) is 5.07. The number of halogens is 1. The van der Waals surface area contributed by atoms with Crippen LogP contribution in [0.1, 0.15) is 5.56 Å². The van der Waals surface area contributed by atoms with E-state index in [2.05, 4.69) is 26.2 Å². The maximum atomic E-state index is 12.2. The summed E-state index contributed by atoms with van der Waals surface area (Å²) in [6.07, 6.45) is 1.77. The van der Waals surface area contributed by atoms with Gasteiger partial charge in [0, 0.05) is 10.0 Å². The van der Waals surface area contributed by atoms with Gasteiger partial charge in [0.05, 0.1) is 24.8 Å². The van der Waals surface area contributed by atoms with Crippen LogP contribution in [-0.2, 0) is 4.79 Å². The fourth-order valence-electron chi connectivity index (χ4n) is 2.21. The molecule has 1 heterocycles. The summed E-state index contributed by atoms with van der Waals surface area (Å²) in [6, 6.07) is 13.0. The summed E-state index contributed by atoms with van der Waals surface area (Å²) in [5.41, 5.74) is 1.54. The Bertz CT molecular complexity index is 863. The molecule has 1 saturated heterocycles. The van der Waals surface area contributed by atoms with Crippen molar-refractivity contribution < 1.29 is 14.3 Å². The van der Waals surface area contributed by atoms with Gasteiger partial charge in [0.1, 0.15) is 11.5 Å². The first-order valence-corrected chi connectivity index (χ1v) is 8.97. The van der Waals surface area contributed by atoms with Crippen molar-refractivity contribution in [2.75, 3.05) is 14.2 Å². The van der Waals surface area contributed by atoms with Gasteiger partial charge in [0.25, 0.3) is 5.91 Å². The lowest BCUT2D eigenvalue weighted by atomic mass is 10.1. The number of benzene rings is 2. The summed E-state index contributed by atoms with van der Waals surface area (Å²) in [7, 11) is 3.19. The van der Waals surface area contributed by atoms with Crippen molar-refractivity contribution in [1.29, 1.82) is 0 Å². The number of hydrogen-bond acceptors (Lipinski definition) is 5. The summed E-state index contributed by atoms with van der Waals surface area (Å²) in [6.45, 7) is 0. The van der Waals surface area contributed by atoms with E-state index in [1.807, 2.05) is 36.4 Å². The predicted octanol–water partition coefficient (Wildman–Crippen LogP) is 4.36. The molecule has 0 radical (unpaired) electrons. The monoisotopic (exact) mass is 418 g/mol. The third kappa shape index (κ3) is 4.24. The standard InChI is InChI=1S/C18H15BrN2O3S/c1-23-14-7-8-15(24-2)11(9-14)10-16-17(22)21-18(25-16)20-13-5-3-12(19)4-6-13/h3-10H,1-2H3,(H,20,21,22). The molecule has 1 aliphatic heterocycles. The molecular formula is C18H15BrN2O3S. The van der Waals surface area contributed by atoms with Crippen molar-refractivity contribution in [1.82, 2.24) is 5.32 Å². The van der Waals surface area contributed by atoms with Gasteiger partial charge in [0.15, 0.2) is 5.17 Å². The van der Waals surface area contributed by atoms with E-state index in [0.717, 1.165) is 15.7 Å². The molecule has 0 atom stereocenters. The van der Waals surface area contributed by atoms with Gasteiger partial charge in [-0.05, 0) is 60.3 Å². The van der Waals surface area contributed by atoms with Crippen LogP contribution < -0.4 is 14.8 Å². The van der Waals surface area contributed by atoms with Gasteiger partial charge in [0.2, 0.25) is 0 Å². The van der Waals surface area contributed by atoms with Gasteiger partial charge < -0.3 is 14.8 Å². The molecule has 1 aliphatic rings. The number of nitrogens with zero attached hydrogens (tertiary/aromatic N) is 1. The Hall–Kier alpha value is -2.25. The van der Waals surface area contributed by atoms with E-state index in [1.54, 1.807) is 26.4 Å². The lowest BCUT2D eigenvalue weighted by Crippen LogP contribution is -2.19. The van der Waals surface area contributed by atoms with E-state index in [1.165, 1.54) is 11.8 Å². The Balaban J connectivity index is 1.87. The Morgan fingerprint density at radius 3 is 2.56 bits per heavy atom. The second kappa shape index (κ2) is 7.76. The topological polar surface area (TPSA) is 59.9 Å². The van der Waals surface area contributed by atoms with Crippen LogP contribution >= 0.6 is 27.7 Å². The van der Waals surface area contributed by atoms with Crippen LogP contribution in [0.15, 0.2) is 56.8 Å². The molecule has 0 saturated carbocycles. The minimum Gasteiger partial charge on any atom is -0.497 e. The highest BCUT2D eigenvalue weighted by molar-refractivity contribution is 9.10. The number of hydrogen-bond donors (Lipinski definition) is 1. The van der Waals surface area contributed by atoms with E-state index in [4.69, 9.17) is 9.47 Å². The third-order valence-corrected chi connectivity index (χ3v) is 4.87. The molecule has 0 unspecified atom stereocenters. The molecule has 128 valence electrons.